The monoisotopic (exact) mass is 374 g/mol. The molecule has 0 aliphatic carbocycles. The summed E-state index contributed by atoms with van der Waals surface area (Å²) >= 11 is 0. The van der Waals surface area contributed by atoms with Crippen LogP contribution in [0.2, 0.25) is 0 Å². The third-order valence-electron chi connectivity index (χ3n) is 4.80. The van der Waals surface area contributed by atoms with Crippen molar-refractivity contribution >= 4 is 16.9 Å². The van der Waals surface area contributed by atoms with E-state index in [2.05, 4.69) is 0 Å². The first kappa shape index (κ1) is 17.8. The third kappa shape index (κ3) is 3.22. The van der Waals surface area contributed by atoms with Crippen molar-refractivity contribution in [3.05, 3.63) is 99.3 Å². The molecule has 0 amide bonds. The number of carbonyl (C=O) groups excluding carboxylic acids is 1. The average molecular weight is 374 g/mol. The molecule has 5 heteroatoms. The fourth-order valence-electron chi connectivity index (χ4n) is 3.23. The van der Waals surface area contributed by atoms with Gasteiger partial charge in [-0.05, 0) is 49.2 Å². The molecular formula is C23H18O5. The van der Waals surface area contributed by atoms with Crippen LogP contribution in [-0.2, 0) is 6.42 Å². The van der Waals surface area contributed by atoms with Crippen molar-refractivity contribution in [3.63, 3.8) is 0 Å². The Bertz CT molecular complexity index is 1200. The van der Waals surface area contributed by atoms with E-state index in [1.165, 1.54) is 12.3 Å². The number of rotatable bonds is 4. The molecule has 0 bridgehead atoms. The van der Waals surface area contributed by atoms with Crippen molar-refractivity contribution in [1.29, 1.82) is 0 Å². The highest BCUT2D eigenvalue weighted by molar-refractivity contribution is 5.90. The van der Waals surface area contributed by atoms with Gasteiger partial charge in [0.1, 0.15) is 11.3 Å². The van der Waals surface area contributed by atoms with Gasteiger partial charge < -0.3 is 13.6 Å². The van der Waals surface area contributed by atoms with E-state index in [-0.39, 0.29) is 11.4 Å². The molecule has 0 aliphatic heterocycles. The molecule has 4 rings (SSSR count). The fraction of sp³-hybridized carbons (Fsp3) is 0.130. The first-order chi connectivity index (χ1) is 13.5. The van der Waals surface area contributed by atoms with Crippen LogP contribution in [0.5, 0.6) is 5.75 Å². The van der Waals surface area contributed by atoms with Gasteiger partial charge in [-0.25, -0.2) is 9.59 Å². The second kappa shape index (κ2) is 7.19. The molecule has 2 aromatic carbocycles. The zero-order valence-corrected chi connectivity index (χ0v) is 15.5. The number of fused-ring (bicyclic) bond motifs is 1. The van der Waals surface area contributed by atoms with E-state index >= 15 is 0 Å². The molecule has 0 aliphatic rings. The number of ether oxygens (including phenoxy) is 1. The molecular weight excluding hydrogens is 356 g/mol. The van der Waals surface area contributed by atoms with Crippen molar-refractivity contribution in [2.24, 2.45) is 0 Å². The Kier molecular flexibility index (Phi) is 4.57. The summed E-state index contributed by atoms with van der Waals surface area (Å²) in [6, 6.07) is 16.4. The van der Waals surface area contributed by atoms with Crippen molar-refractivity contribution < 1.29 is 18.4 Å². The topological polar surface area (TPSA) is 69.7 Å². The van der Waals surface area contributed by atoms with Gasteiger partial charge in [-0.1, -0.05) is 30.3 Å². The summed E-state index contributed by atoms with van der Waals surface area (Å²) in [5, 5.41) is 0.820. The maximum Gasteiger partial charge on any atom is 0.379 e. The van der Waals surface area contributed by atoms with Gasteiger partial charge in [-0.15, -0.1) is 0 Å². The van der Waals surface area contributed by atoms with E-state index in [0.29, 0.717) is 28.9 Å². The summed E-state index contributed by atoms with van der Waals surface area (Å²) in [7, 11) is 0. The SMILES string of the molecule is Cc1c(Cc2ccccc2)c(=O)oc2c(C)c(OC(=O)c3ccco3)ccc12. The standard InChI is InChI=1S/C23H18O5/c1-14-17-10-11-19(27-23(25)20-9-6-12-26-20)15(2)21(17)28-22(24)18(14)13-16-7-4-3-5-8-16/h3-12H,13H2,1-2H3. The van der Waals surface area contributed by atoms with E-state index in [4.69, 9.17) is 13.6 Å². The zero-order chi connectivity index (χ0) is 19.7. The molecule has 28 heavy (non-hydrogen) atoms. The number of benzene rings is 2. The predicted octanol–water partition coefficient (Wildman–Crippen LogP) is 4.81. The van der Waals surface area contributed by atoms with Crippen molar-refractivity contribution in [2.45, 2.75) is 20.3 Å². The van der Waals surface area contributed by atoms with Crippen LogP contribution in [0.1, 0.15) is 32.8 Å². The molecule has 0 radical (unpaired) electrons. The molecule has 140 valence electrons. The molecule has 2 heterocycles. The largest absolute Gasteiger partial charge is 0.457 e. The number of esters is 1. The Hall–Kier alpha value is -3.60. The van der Waals surface area contributed by atoms with Gasteiger partial charge in [0.2, 0.25) is 5.76 Å². The maximum absolute atomic E-state index is 12.6. The fourth-order valence-corrected chi connectivity index (χ4v) is 3.23. The summed E-state index contributed by atoms with van der Waals surface area (Å²) in [6.45, 7) is 3.66. The number of carbonyl (C=O) groups is 1. The highest BCUT2D eigenvalue weighted by Crippen LogP contribution is 2.30. The van der Waals surface area contributed by atoms with Gasteiger partial charge in [0.25, 0.3) is 0 Å². The second-order valence-electron chi connectivity index (χ2n) is 6.59. The van der Waals surface area contributed by atoms with Crippen molar-refractivity contribution in [1.82, 2.24) is 0 Å². The second-order valence-corrected chi connectivity index (χ2v) is 6.59. The summed E-state index contributed by atoms with van der Waals surface area (Å²) in [6.07, 6.45) is 1.90. The minimum Gasteiger partial charge on any atom is -0.457 e. The van der Waals surface area contributed by atoms with Gasteiger partial charge in [-0.2, -0.15) is 0 Å². The molecule has 0 unspecified atom stereocenters. The van der Waals surface area contributed by atoms with Crippen LogP contribution in [0.4, 0.5) is 0 Å². The number of furan rings is 1. The van der Waals surface area contributed by atoms with E-state index in [1.54, 1.807) is 25.1 Å². The number of hydrogen-bond donors (Lipinski definition) is 0. The normalized spacial score (nSPS) is 10.9. The first-order valence-electron chi connectivity index (χ1n) is 8.90. The van der Waals surface area contributed by atoms with Crippen LogP contribution < -0.4 is 10.4 Å². The van der Waals surface area contributed by atoms with Crippen LogP contribution >= 0.6 is 0 Å². The Labute approximate surface area is 161 Å². The highest BCUT2D eigenvalue weighted by atomic mass is 16.5. The summed E-state index contributed by atoms with van der Waals surface area (Å²) < 4.78 is 16.1. The molecule has 0 saturated carbocycles. The number of aryl methyl sites for hydroxylation is 2. The predicted molar refractivity (Wildman–Crippen MR) is 105 cm³/mol. The smallest absolute Gasteiger partial charge is 0.379 e. The summed E-state index contributed by atoms with van der Waals surface area (Å²) in [5.41, 5.74) is 3.15. The quantitative estimate of drug-likeness (QED) is 0.291. The van der Waals surface area contributed by atoms with Crippen LogP contribution in [0, 0.1) is 13.8 Å². The Morgan fingerprint density at radius 3 is 2.46 bits per heavy atom. The van der Waals surface area contributed by atoms with Crippen molar-refractivity contribution in [2.75, 3.05) is 0 Å². The lowest BCUT2D eigenvalue weighted by Gasteiger charge is -2.12. The van der Waals surface area contributed by atoms with Crippen LogP contribution in [0.25, 0.3) is 11.0 Å². The maximum atomic E-state index is 12.6. The molecule has 4 aromatic rings. The van der Waals surface area contributed by atoms with E-state index in [0.717, 1.165) is 16.5 Å². The Balaban J connectivity index is 1.74. The average Bonchev–Trinajstić information content (AvgIpc) is 3.23. The van der Waals surface area contributed by atoms with Gasteiger partial charge >= 0.3 is 11.6 Å². The zero-order valence-electron chi connectivity index (χ0n) is 15.5. The molecule has 0 saturated heterocycles. The molecule has 0 spiro atoms. The highest BCUT2D eigenvalue weighted by Gasteiger charge is 2.18. The van der Waals surface area contributed by atoms with E-state index in [9.17, 15) is 9.59 Å². The van der Waals surface area contributed by atoms with Gasteiger partial charge in [0.15, 0.2) is 0 Å². The lowest BCUT2D eigenvalue weighted by molar-refractivity contribution is 0.0700. The molecule has 0 N–H and O–H groups in total. The third-order valence-corrected chi connectivity index (χ3v) is 4.80. The van der Waals surface area contributed by atoms with Crippen LogP contribution in [0.15, 0.2) is 74.5 Å². The minimum absolute atomic E-state index is 0.107. The van der Waals surface area contributed by atoms with Crippen LogP contribution in [0.3, 0.4) is 0 Å². The summed E-state index contributed by atoms with van der Waals surface area (Å²) in [4.78, 5) is 24.8. The molecule has 5 nitrogen and oxygen atoms in total. The van der Waals surface area contributed by atoms with Gasteiger partial charge in [0.05, 0.1) is 6.26 Å². The van der Waals surface area contributed by atoms with E-state index in [1.807, 2.05) is 37.3 Å². The molecule has 0 fully saturated rings. The Morgan fingerprint density at radius 1 is 0.964 bits per heavy atom. The van der Waals surface area contributed by atoms with Crippen molar-refractivity contribution in [3.8, 4) is 5.75 Å². The van der Waals surface area contributed by atoms with E-state index < -0.39 is 5.97 Å². The first-order valence-corrected chi connectivity index (χ1v) is 8.90. The lowest BCUT2D eigenvalue weighted by atomic mass is 9.98. The van der Waals surface area contributed by atoms with Gasteiger partial charge in [-0.3, -0.25) is 0 Å². The lowest BCUT2D eigenvalue weighted by Crippen LogP contribution is -2.12. The summed E-state index contributed by atoms with van der Waals surface area (Å²) in [5.74, 6) is -0.171. The number of hydrogen-bond acceptors (Lipinski definition) is 5. The molecule has 0 atom stereocenters. The molecule has 2 aromatic heterocycles. The van der Waals surface area contributed by atoms with Gasteiger partial charge in [0, 0.05) is 22.9 Å². The Morgan fingerprint density at radius 2 is 1.75 bits per heavy atom. The van der Waals surface area contributed by atoms with Crippen LogP contribution in [-0.4, -0.2) is 5.97 Å². The minimum atomic E-state index is -0.604.